The molecule has 0 radical (unpaired) electrons. The van der Waals surface area contributed by atoms with E-state index in [1.165, 1.54) is 44.9 Å². The summed E-state index contributed by atoms with van der Waals surface area (Å²) in [5, 5.41) is 0. The zero-order chi connectivity index (χ0) is 12.2. The Morgan fingerprint density at radius 1 is 1.12 bits per heavy atom. The van der Waals surface area contributed by atoms with Gasteiger partial charge in [-0.15, -0.1) is 0 Å². The van der Waals surface area contributed by atoms with Gasteiger partial charge in [0.1, 0.15) is 0 Å². The standard InChI is InChI=1S/C16H32/c1-6-7-12-16(5,15-10-11-15)14(4)9-8-13(2)3/h13-15H,6-12H2,1-5H3. The van der Waals surface area contributed by atoms with Crippen LogP contribution in [0.4, 0.5) is 0 Å². The summed E-state index contributed by atoms with van der Waals surface area (Å²) in [6, 6.07) is 0. The first-order valence-electron chi connectivity index (χ1n) is 7.50. The first kappa shape index (κ1) is 14.1. The first-order valence-corrected chi connectivity index (χ1v) is 7.50. The van der Waals surface area contributed by atoms with E-state index in [2.05, 4.69) is 34.6 Å². The molecule has 0 heteroatoms. The highest BCUT2D eigenvalue weighted by atomic mass is 14.5. The summed E-state index contributed by atoms with van der Waals surface area (Å²) in [4.78, 5) is 0. The maximum absolute atomic E-state index is 2.57. The lowest BCUT2D eigenvalue weighted by Crippen LogP contribution is -2.28. The highest BCUT2D eigenvalue weighted by molar-refractivity contribution is 4.94. The van der Waals surface area contributed by atoms with Crippen molar-refractivity contribution in [3.05, 3.63) is 0 Å². The van der Waals surface area contributed by atoms with E-state index in [0.29, 0.717) is 5.41 Å². The van der Waals surface area contributed by atoms with Gasteiger partial charge >= 0.3 is 0 Å². The van der Waals surface area contributed by atoms with E-state index >= 15 is 0 Å². The molecular weight excluding hydrogens is 192 g/mol. The fourth-order valence-corrected chi connectivity index (χ4v) is 3.07. The molecule has 0 aromatic carbocycles. The zero-order valence-electron chi connectivity index (χ0n) is 12.2. The van der Waals surface area contributed by atoms with Crippen molar-refractivity contribution >= 4 is 0 Å². The lowest BCUT2D eigenvalue weighted by molar-refractivity contribution is 0.129. The normalized spacial score (nSPS) is 22.1. The third kappa shape index (κ3) is 3.79. The summed E-state index contributed by atoms with van der Waals surface area (Å²) in [5.41, 5.74) is 0.658. The fourth-order valence-electron chi connectivity index (χ4n) is 3.07. The Kier molecular flexibility index (Phi) is 5.34. The molecular formula is C16H32. The predicted octanol–water partition coefficient (Wildman–Crippen LogP) is 5.67. The molecule has 0 saturated heterocycles. The molecule has 0 nitrogen and oxygen atoms in total. The van der Waals surface area contributed by atoms with Crippen molar-refractivity contribution in [2.45, 2.75) is 79.6 Å². The summed E-state index contributed by atoms with van der Waals surface area (Å²) >= 11 is 0. The molecule has 2 unspecified atom stereocenters. The van der Waals surface area contributed by atoms with Crippen molar-refractivity contribution in [2.75, 3.05) is 0 Å². The van der Waals surface area contributed by atoms with Gasteiger partial charge in [0.2, 0.25) is 0 Å². The van der Waals surface area contributed by atoms with Gasteiger partial charge in [-0.3, -0.25) is 0 Å². The van der Waals surface area contributed by atoms with Gasteiger partial charge in [-0.2, -0.15) is 0 Å². The Bertz CT molecular complexity index is 190. The van der Waals surface area contributed by atoms with Crippen molar-refractivity contribution in [1.29, 1.82) is 0 Å². The monoisotopic (exact) mass is 224 g/mol. The molecule has 0 aliphatic heterocycles. The molecule has 0 amide bonds. The Balaban J connectivity index is 2.47. The highest BCUT2D eigenvalue weighted by Gasteiger charge is 2.43. The van der Waals surface area contributed by atoms with Crippen molar-refractivity contribution in [2.24, 2.45) is 23.2 Å². The van der Waals surface area contributed by atoms with E-state index in [0.717, 1.165) is 17.8 Å². The van der Waals surface area contributed by atoms with Crippen LogP contribution in [0.3, 0.4) is 0 Å². The van der Waals surface area contributed by atoms with Crippen molar-refractivity contribution in [3.8, 4) is 0 Å². The quantitative estimate of drug-likeness (QED) is 0.498. The molecule has 16 heavy (non-hydrogen) atoms. The number of hydrogen-bond donors (Lipinski definition) is 0. The highest BCUT2D eigenvalue weighted by Crippen LogP contribution is 2.53. The molecule has 2 atom stereocenters. The largest absolute Gasteiger partial charge is 0.0654 e. The third-order valence-electron chi connectivity index (χ3n) is 4.88. The first-order chi connectivity index (χ1) is 7.50. The zero-order valence-corrected chi connectivity index (χ0v) is 12.2. The molecule has 0 N–H and O–H groups in total. The molecule has 1 fully saturated rings. The summed E-state index contributed by atoms with van der Waals surface area (Å²) in [6.07, 6.45) is 10.1. The molecule has 1 aliphatic rings. The second kappa shape index (κ2) is 6.07. The van der Waals surface area contributed by atoms with E-state index in [1.807, 2.05) is 0 Å². The van der Waals surface area contributed by atoms with Gasteiger partial charge < -0.3 is 0 Å². The van der Waals surface area contributed by atoms with Crippen molar-refractivity contribution < 1.29 is 0 Å². The lowest BCUT2D eigenvalue weighted by atomic mass is 9.68. The van der Waals surface area contributed by atoms with Crippen LogP contribution in [0.15, 0.2) is 0 Å². The minimum atomic E-state index is 0.658. The predicted molar refractivity (Wildman–Crippen MR) is 73.6 cm³/mol. The topological polar surface area (TPSA) is 0 Å². The van der Waals surface area contributed by atoms with E-state index in [4.69, 9.17) is 0 Å². The van der Waals surface area contributed by atoms with Crippen LogP contribution in [0.2, 0.25) is 0 Å². The summed E-state index contributed by atoms with van der Waals surface area (Å²) in [5.74, 6) is 2.85. The number of hydrogen-bond acceptors (Lipinski definition) is 0. The van der Waals surface area contributed by atoms with Crippen molar-refractivity contribution in [1.82, 2.24) is 0 Å². The molecule has 1 rings (SSSR count). The van der Waals surface area contributed by atoms with Gasteiger partial charge in [-0.25, -0.2) is 0 Å². The summed E-state index contributed by atoms with van der Waals surface area (Å²) in [7, 11) is 0. The second-order valence-electron chi connectivity index (χ2n) is 6.76. The van der Waals surface area contributed by atoms with Crippen LogP contribution in [0, 0.1) is 23.2 Å². The maximum Gasteiger partial charge on any atom is -0.0272 e. The Morgan fingerprint density at radius 3 is 2.19 bits per heavy atom. The van der Waals surface area contributed by atoms with Crippen molar-refractivity contribution in [3.63, 3.8) is 0 Å². The van der Waals surface area contributed by atoms with Crippen LogP contribution < -0.4 is 0 Å². The smallest absolute Gasteiger partial charge is 0.0272 e. The molecule has 1 saturated carbocycles. The van der Waals surface area contributed by atoms with Gasteiger partial charge in [0.05, 0.1) is 0 Å². The van der Waals surface area contributed by atoms with Crippen LogP contribution in [0.1, 0.15) is 79.6 Å². The van der Waals surface area contributed by atoms with Crippen LogP contribution in [-0.2, 0) is 0 Å². The summed E-state index contributed by atoms with van der Waals surface area (Å²) in [6.45, 7) is 12.1. The molecule has 0 bridgehead atoms. The van der Waals surface area contributed by atoms with E-state index in [9.17, 15) is 0 Å². The van der Waals surface area contributed by atoms with Crippen LogP contribution in [0.25, 0.3) is 0 Å². The molecule has 0 aromatic rings. The van der Waals surface area contributed by atoms with Crippen LogP contribution in [-0.4, -0.2) is 0 Å². The van der Waals surface area contributed by atoms with Crippen LogP contribution in [0.5, 0.6) is 0 Å². The molecule has 1 aliphatic carbocycles. The Hall–Kier alpha value is 0. The van der Waals surface area contributed by atoms with Crippen LogP contribution >= 0.6 is 0 Å². The molecule has 0 spiro atoms. The number of unbranched alkanes of at least 4 members (excludes halogenated alkanes) is 1. The molecule has 96 valence electrons. The maximum atomic E-state index is 2.57. The van der Waals surface area contributed by atoms with Gasteiger partial charge in [0, 0.05) is 0 Å². The van der Waals surface area contributed by atoms with E-state index in [-0.39, 0.29) is 0 Å². The van der Waals surface area contributed by atoms with Gasteiger partial charge in [-0.05, 0) is 48.9 Å². The lowest BCUT2D eigenvalue weighted by Gasteiger charge is -2.37. The van der Waals surface area contributed by atoms with E-state index in [1.54, 1.807) is 0 Å². The fraction of sp³-hybridized carbons (Fsp3) is 1.00. The van der Waals surface area contributed by atoms with Gasteiger partial charge in [-0.1, -0.05) is 53.9 Å². The molecule has 0 aromatic heterocycles. The Labute approximate surface area is 103 Å². The minimum absolute atomic E-state index is 0.658. The average molecular weight is 224 g/mol. The summed E-state index contributed by atoms with van der Waals surface area (Å²) < 4.78 is 0. The molecule has 0 heterocycles. The Morgan fingerprint density at radius 2 is 1.75 bits per heavy atom. The number of rotatable bonds is 8. The second-order valence-corrected chi connectivity index (χ2v) is 6.76. The van der Waals surface area contributed by atoms with Gasteiger partial charge in [0.15, 0.2) is 0 Å². The van der Waals surface area contributed by atoms with Gasteiger partial charge in [0.25, 0.3) is 0 Å². The third-order valence-corrected chi connectivity index (χ3v) is 4.88. The van der Waals surface area contributed by atoms with E-state index < -0.39 is 0 Å². The minimum Gasteiger partial charge on any atom is -0.0654 e. The SMILES string of the molecule is CCCCC(C)(C(C)CCC(C)C)C1CC1. The average Bonchev–Trinajstić information content (AvgIpc) is 3.06.